The van der Waals surface area contributed by atoms with Crippen LogP contribution in [0.1, 0.15) is 65.2 Å². The number of nitrogens with zero attached hydrogens (tertiary/aromatic N) is 1. The zero-order chi connectivity index (χ0) is 15.3. The van der Waals surface area contributed by atoms with Gasteiger partial charge in [-0.1, -0.05) is 6.92 Å². The van der Waals surface area contributed by atoms with E-state index in [4.69, 9.17) is 4.74 Å². The number of methoxy groups -OCH3 is 1. The Hall–Kier alpha value is -0.610. The highest BCUT2D eigenvalue weighted by atomic mass is 16.5. The highest BCUT2D eigenvalue weighted by Crippen LogP contribution is 2.26. The second-order valence-corrected chi connectivity index (χ2v) is 6.94. The van der Waals surface area contributed by atoms with E-state index in [1.54, 1.807) is 0 Å². The van der Waals surface area contributed by atoms with E-state index in [1.807, 2.05) is 6.92 Å². The van der Waals surface area contributed by atoms with Crippen molar-refractivity contribution in [1.29, 1.82) is 0 Å². The molecule has 0 spiro atoms. The van der Waals surface area contributed by atoms with E-state index in [2.05, 4.69) is 17.1 Å². The van der Waals surface area contributed by atoms with Crippen LogP contribution in [0.2, 0.25) is 0 Å². The van der Waals surface area contributed by atoms with Gasteiger partial charge in [-0.15, -0.1) is 0 Å². The summed E-state index contributed by atoms with van der Waals surface area (Å²) in [6.45, 7) is 6.73. The minimum Gasteiger partial charge on any atom is -0.468 e. The first-order chi connectivity index (χ1) is 10.1. The summed E-state index contributed by atoms with van der Waals surface area (Å²) in [5.41, 5.74) is -0.495. The first-order valence-corrected chi connectivity index (χ1v) is 8.69. The zero-order valence-corrected chi connectivity index (χ0v) is 14.0. The number of esters is 1. The zero-order valence-electron chi connectivity index (χ0n) is 14.0. The topological polar surface area (TPSA) is 41.6 Å². The standard InChI is InChI=1S/C17H32N2O2/c1-4-15-8-7-13-19(15)12-6-5-11-17(2,16(20)21-3)18-14-9-10-14/h14-15,18H,4-13H2,1-3H3. The fourth-order valence-corrected chi connectivity index (χ4v) is 3.58. The maximum absolute atomic E-state index is 12.1. The van der Waals surface area contributed by atoms with Crippen LogP contribution in [0, 0.1) is 0 Å². The summed E-state index contributed by atoms with van der Waals surface area (Å²) in [6.07, 6.45) is 9.50. The summed E-state index contributed by atoms with van der Waals surface area (Å²) >= 11 is 0. The Kier molecular flexibility index (Phi) is 6.06. The molecule has 1 aliphatic carbocycles. The molecule has 0 amide bonds. The third kappa shape index (κ3) is 4.68. The average Bonchev–Trinajstić information content (AvgIpc) is 3.17. The Bertz CT molecular complexity index is 344. The Balaban J connectivity index is 1.72. The number of unbranched alkanes of at least 4 members (excludes halogenated alkanes) is 1. The van der Waals surface area contributed by atoms with Crippen molar-refractivity contribution in [2.24, 2.45) is 0 Å². The van der Waals surface area contributed by atoms with Gasteiger partial charge in [0.25, 0.3) is 0 Å². The van der Waals surface area contributed by atoms with Crippen LogP contribution in [-0.4, -0.2) is 48.7 Å². The molecule has 2 unspecified atom stereocenters. The lowest BCUT2D eigenvalue weighted by atomic mass is 9.94. The van der Waals surface area contributed by atoms with E-state index in [1.165, 1.54) is 58.7 Å². The number of carbonyl (C=O) groups excluding carboxylic acids is 1. The minimum absolute atomic E-state index is 0.109. The van der Waals surface area contributed by atoms with Gasteiger partial charge in [-0.3, -0.25) is 10.1 Å². The molecule has 2 fully saturated rings. The second-order valence-electron chi connectivity index (χ2n) is 6.94. The SMILES string of the molecule is CCC1CCCN1CCCCC(C)(NC1CC1)C(=O)OC. The molecule has 0 aromatic carbocycles. The molecular weight excluding hydrogens is 264 g/mol. The summed E-state index contributed by atoms with van der Waals surface area (Å²) in [6, 6.07) is 1.32. The molecule has 0 radical (unpaired) electrons. The fourth-order valence-electron chi connectivity index (χ4n) is 3.58. The lowest BCUT2D eigenvalue weighted by molar-refractivity contribution is -0.148. The van der Waals surface area contributed by atoms with E-state index < -0.39 is 5.54 Å². The van der Waals surface area contributed by atoms with Crippen LogP contribution in [0.5, 0.6) is 0 Å². The van der Waals surface area contributed by atoms with E-state index in [0.29, 0.717) is 6.04 Å². The molecule has 1 saturated carbocycles. The number of carbonyl (C=O) groups is 1. The molecule has 0 bridgehead atoms. The Morgan fingerprint density at radius 2 is 2.10 bits per heavy atom. The van der Waals surface area contributed by atoms with Crippen molar-refractivity contribution in [3.05, 3.63) is 0 Å². The van der Waals surface area contributed by atoms with Crippen molar-refractivity contribution in [2.75, 3.05) is 20.2 Å². The van der Waals surface area contributed by atoms with Crippen molar-refractivity contribution >= 4 is 5.97 Å². The lowest BCUT2D eigenvalue weighted by Crippen LogP contribution is -2.51. The summed E-state index contributed by atoms with van der Waals surface area (Å²) in [5.74, 6) is -0.109. The molecule has 0 aromatic rings. The second kappa shape index (κ2) is 7.59. The maximum Gasteiger partial charge on any atom is 0.325 e. The van der Waals surface area contributed by atoms with Gasteiger partial charge in [-0.25, -0.2) is 0 Å². The molecule has 4 nitrogen and oxygen atoms in total. The number of rotatable bonds is 9. The molecule has 122 valence electrons. The van der Waals surface area contributed by atoms with Crippen molar-refractivity contribution in [3.63, 3.8) is 0 Å². The smallest absolute Gasteiger partial charge is 0.325 e. The fraction of sp³-hybridized carbons (Fsp3) is 0.941. The molecule has 2 rings (SSSR count). The molecule has 1 saturated heterocycles. The summed E-state index contributed by atoms with van der Waals surface area (Å²) in [4.78, 5) is 14.7. The molecule has 1 heterocycles. The average molecular weight is 296 g/mol. The summed E-state index contributed by atoms with van der Waals surface area (Å²) in [5, 5.41) is 3.48. The van der Waals surface area contributed by atoms with Gasteiger partial charge < -0.3 is 9.64 Å². The van der Waals surface area contributed by atoms with Crippen molar-refractivity contribution in [3.8, 4) is 0 Å². The predicted octanol–water partition coefficient (Wildman–Crippen LogP) is 2.71. The highest BCUT2D eigenvalue weighted by molar-refractivity contribution is 5.80. The van der Waals surface area contributed by atoms with Crippen LogP contribution in [0.3, 0.4) is 0 Å². The normalized spacial score (nSPS) is 25.8. The number of nitrogens with one attached hydrogen (secondary N) is 1. The maximum atomic E-state index is 12.1. The number of hydrogen-bond acceptors (Lipinski definition) is 4. The van der Waals surface area contributed by atoms with Gasteiger partial charge in [0.1, 0.15) is 5.54 Å². The molecule has 21 heavy (non-hydrogen) atoms. The van der Waals surface area contributed by atoms with Crippen molar-refractivity contribution in [2.45, 2.75) is 82.8 Å². The Morgan fingerprint density at radius 3 is 2.71 bits per heavy atom. The number of ether oxygens (including phenoxy) is 1. The van der Waals surface area contributed by atoms with Gasteiger partial charge in [0.05, 0.1) is 7.11 Å². The summed E-state index contributed by atoms with van der Waals surface area (Å²) < 4.78 is 5.00. The van der Waals surface area contributed by atoms with Gasteiger partial charge in [-0.2, -0.15) is 0 Å². The van der Waals surface area contributed by atoms with Gasteiger partial charge in [0.2, 0.25) is 0 Å². The van der Waals surface area contributed by atoms with Crippen LogP contribution in [0.4, 0.5) is 0 Å². The van der Waals surface area contributed by atoms with Gasteiger partial charge in [0.15, 0.2) is 0 Å². The first-order valence-electron chi connectivity index (χ1n) is 8.69. The van der Waals surface area contributed by atoms with Crippen molar-refractivity contribution < 1.29 is 9.53 Å². The monoisotopic (exact) mass is 296 g/mol. The molecule has 4 heteroatoms. The predicted molar refractivity (Wildman–Crippen MR) is 85.3 cm³/mol. The Morgan fingerprint density at radius 1 is 1.33 bits per heavy atom. The third-order valence-electron chi connectivity index (χ3n) is 5.08. The van der Waals surface area contributed by atoms with Crippen molar-refractivity contribution in [1.82, 2.24) is 10.2 Å². The minimum atomic E-state index is -0.495. The van der Waals surface area contributed by atoms with Gasteiger partial charge in [-0.05, 0) is 71.4 Å². The van der Waals surface area contributed by atoms with E-state index in [9.17, 15) is 4.79 Å². The molecule has 2 aliphatic rings. The molecule has 2 atom stereocenters. The number of likely N-dealkylation sites (tertiary alicyclic amines) is 1. The third-order valence-corrected chi connectivity index (χ3v) is 5.08. The molecule has 0 aromatic heterocycles. The Labute approximate surface area is 129 Å². The quantitative estimate of drug-likeness (QED) is 0.525. The van der Waals surface area contributed by atoms with E-state index in [0.717, 1.165) is 18.9 Å². The van der Waals surface area contributed by atoms with E-state index >= 15 is 0 Å². The summed E-state index contributed by atoms with van der Waals surface area (Å²) in [7, 11) is 1.49. The van der Waals surface area contributed by atoms with Gasteiger partial charge >= 0.3 is 5.97 Å². The van der Waals surface area contributed by atoms with E-state index in [-0.39, 0.29) is 5.97 Å². The van der Waals surface area contributed by atoms with Gasteiger partial charge in [0, 0.05) is 12.1 Å². The van der Waals surface area contributed by atoms with Crippen LogP contribution >= 0.6 is 0 Å². The first kappa shape index (κ1) is 16.8. The van der Waals surface area contributed by atoms with Crippen LogP contribution in [-0.2, 0) is 9.53 Å². The molecular formula is C17H32N2O2. The molecule has 1 aliphatic heterocycles. The van der Waals surface area contributed by atoms with Crippen LogP contribution in [0.25, 0.3) is 0 Å². The molecule has 1 N–H and O–H groups in total. The largest absolute Gasteiger partial charge is 0.468 e. The van der Waals surface area contributed by atoms with Crippen LogP contribution < -0.4 is 5.32 Å². The lowest BCUT2D eigenvalue weighted by Gasteiger charge is -2.29. The highest BCUT2D eigenvalue weighted by Gasteiger charge is 2.38. The number of hydrogen-bond donors (Lipinski definition) is 1. The van der Waals surface area contributed by atoms with Crippen LogP contribution in [0.15, 0.2) is 0 Å².